The number of urea groups is 1. The highest BCUT2D eigenvalue weighted by molar-refractivity contribution is 5.91. The van der Waals surface area contributed by atoms with Crippen LogP contribution in [0.4, 0.5) is 10.5 Å². The lowest BCUT2D eigenvalue weighted by molar-refractivity contribution is 0.205. The quantitative estimate of drug-likeness (QED) is 0.771. The number of likely N-dealkylation sites (tertiary alicyclic amines) is 1. The van der Waals surface area contributed by atoms with E-state index < -0.39 is 0 Å². The topological polar surface area (TPSA) is 62.8 Å². The van der Waals surface area contributed by atoms with Crippen molar-refractivity contribution in [1.82, 2.24) is 10.2 Å². The van der Waals surface area contributed by atoms with Gasteiger partial charge in [0, 0.05) is 25.7 Å². The average molecular weight is 367 g/mol. The molecule has 2 aromatic rings. The lowest BCUT2D eigenvalue weighted by Gasteiger charge is -2.24. The number of hydrogen-bond donors (Lipinski definition) is 2. The molecule has 6 heteroatoms. The van der Waals surface area contributed by atoms with Gasteiger partial charge in [-0.25, -0.2) is 4.79 Å². The van der Waals surface area contributed by atoms with E-state index in [1.807, 2.05) is 59.5 Å². The van der Waals surface area contributed by atoms with Gasteiger partial charge in [0.25, 0.3) is 0 Å². The molecule has 2 aromatic carbocycles. The van der Waals surface area contributed by atoms with E-state index in [0.717, 1.165) is 31.8 Å². The van der Waals surface area contributed by atoms with E-state index in [1.54, 1.807) is 0 Å². The summed E-state index contributed by atoms with van der Waals surface area (Å²) >= 11 is 0. The van der Waals surface area contributed by atoms with Crippen LogP contribution in [0.2, 0.25) is 0 Å². The smallest absolute Gasteiger partial charge is 0.322 e. The van der Waals surface area contributed by atoms with Crippen molar-refractivity contribution in [3.05, 3.63) is 54.6 Å². The molecule has 4 rings (SSSR count). The Balaban J connectivity index is 1.31. The van der Waals surface area contributed by atoms with Crippen LogP contribution in [0.1, 0.15) is 6.42 Å². The summed E-state index contributed by atoms with van der Waals surface area (Å²) in [5, 5.41) is 6.39. The van der Waals surface area contributed by atoms with Crippen LogP contribution < -0.4 is 20.1 Å². The molecule has 0 radical (unpaired) electrons. The molecule has 2 saturated heterocycles. The maximum absolute atomic E-state index is 12.7. The third kappa shape index (κ3) is 4.17. The maximum atomic E-state index is 12.7. The summed E-state index contributed by atoms with van der Waals surface area (Å²) in [7, 11) is 0. The number of para-hydroxylation sites is 3. The van der Waals surface area contributed by atoms with Gasteiger partial charge >= 0.3 is 6.03 Å². The van der Waals surface area contributed by atoms with Gasteiger partial charge in [0.15, 0.2) is 0 Å². The molecule has 0 bridgehead atoms. The Hall–Kier alpha value is -2.73. The van der Waals surface area contributed by atoms with E-state index in [1.165, 1.54) is 0 Å². The Kier molecular flexibility index (Phi) is 5.44. The molecule has 2 aliphatic rings. The number of amides is 2. The molecule has 0 unspecified atom stereocenters. The van der Waals surface area contributed by atoms with E-state index >= 15 is 0 Å². The number of carbonyl (C=O) groups excluding carboxylic acids is 1. The summed E-state index contributed by atoms with van der Waals surface area (Å²) in [5.74, 6) is 2.05. The Labute approximate surface area is 159 Å². The van der Waals surface area contributed by atoms with Gasteiger partial charge < -0.3 is 25.0 Å². The molecule has 2 amide bonds. The molecule has 142 valence electrons. The minimum atomic E-state index is -0.0530. The molecule has 2 aliphatic heterocycles. The van der Waals surface area contributed by atoms with Crippen molar-refractivity contribution in [3.8, 4) is 11.5 Å². The third-order valence-electron chi connectivity index (χ3n) is 5.19. The molecular formula is C21H25N3O3. The molecule has 2 N–H and O–H groups in total. The molecule has 2 fully saturated rings. The fourth-order valence-electron chi connectivity index (χ4n) is 3.81. The zero-order chi connectivity index (χ0) is 18.5. The van der Waals surface area contributed by atoms with E-state index in [9.17, 15) is 4.79 Å². The van der Waals surface area contributed by atoms with Crippen molar-refractivity contribution >= 4 is 11.7 Å². The fourth-order valence-corrected chi connectivity index (χ4v) is 3.81. The van der Waals surface area contributed by atoms with Gasteiger partial charge in [-0.15, -0.1) is 0 Å². The first-order valence-electron chi connectivity index (χ1n) is 9.49. The van der Waals surface area contributed by atoms with Crippen LogP contribution >= 0.6 is 0 Å². The molecule has 0 spiro atoms. The van der Waals surface area contributed by atoms with Crippen LogP contribution in [-0.4, -0.2) is 49.8 Å². The van der Waals surface area contributed by atoms with Gasteiger partial charge in [0.05, 0.1) is 5.69 Å². The van der Waals surface area contributed by atoms with Gasteiger partial charge in [-0.05, 0) is 36.6 Å². The standard InChI is InChI=1S/C21H25N3O3/c25-21(24-11-10-16-14-22-15-19(16)24)23-18-8-4-5-9-20(18)27-13-12-26-17-6-2-1-3-7-17/h1-9,16,19,22H,10-15H2,(H,23,25)/t16-,19+/m0/s1. The summed E-state index contributed by atoms with van der Waals surface area (Å²) in [4.78, 5) is 14.7. The predicted molar refractivity (Wildman–Crippen MR) is 104 cm³/mol. The first-order chi connectivity index (χ1) is 13.3. The van der Waals surface area contributed by atoms with Gasteiger partial charge in [0.2, 0.25) is 0 Å². The van der Waals surface area contributed by atoms with Crippen molar-refractivity contribution < 1.29 is 14.3 Å². The average Bonchev–Trinajstić information content (AvgIpc) is 3.31. The van der Waals surface area contributed by atoms with E-state index in [2.05, 4.69) is 10.6 Å². The number of nitrogens with zero attached hydrogens (tertiary/aromatic N) is 1. The summed E-state index contributed by atoms with van der Waals surface area (Å²) < 4.78 is 11.5. The van der Waals surface area contributed by atoms with Crippen molar-refractivity contribution in [3.63, 3.8) is 0 Å². The highest BCUT2D eigenvalue weighted by atomic mass is 16.5. The van der Waals surface area contributed by atoms with Crippen molar-refractivity contribution in [2.75, 3.05) is 38.2 Å². The number of rotatable bonds is 6. The summed E-state index contributed by atoms with van der Waals surface area (Å²) in [6.07, 6.45) is 1.07. The number of fused-ring (bicyclic) bond motifs is 1. The molecule has 6 nitrogen and oxygen atoms in total. The minimum absolute atomic E-state index is 0.0530. The van der Waals surface area contributed by atoms with E-state index in [4.69, 9.17) is 9.47 Å². The summed E-state index contributed by atoms with van der Waals surface area (Å²) in [5.41, 5.74) is 0.691. The Morgan fingerprint density at radius 2 is 1.81 bits per heavy atom. The highest BCUT2D eigenvalue weighted by Gasteiger charge is 2.40. The van der Waals surface area contributed by atoms with Gasteiger partial charge in [0.1, 0.15) is 24.7 Å². The summed E-state index contributed by atoms with van der Waals surface area (Å²) in [6.45, 7) is 3.55. The van der Waals surface area contributed by atoms with Gasteiger partial charge in [-0.3, -0.25) is 0 Å². The first-order valence-corrected chi connectivity index (χ1v) is 9.49. The lowest BCUT2D eigenvalue weighted by atomic mass is 10.1. The third-order valence-corrected chi connectivity index (χ3v) is 5.19. The second-order valence-electron chi connectivity index (χ2n) is 6.90. The van der Waals surface area contributed by atoms with Crippen molar-refractivity contribution in [2.24, 2.45) is 5.92 Å². The van der Waals surface area contributed by atoms with Crippen LogP contribution in [0.15, 0.2) is 54.6 Å². The van der Waals surface area contributed by atoms with E-state index in [0.29, 0.717) is 36.6 Å². The Morgan fingerprint density at radius 3 is 2.70 bits per heavy atom. The molecule has 2 heterocycles. The van der Waals surface area contributed by atoms with Gasteiger partial charge in [-0.1, -0.05) is 30.3 Å². The van der Waals surface area contributed by atoms with Gasteiger partial charge in [-0.2, -0.15) is 0 Å². The molecule has 0 saturated carbocycles. The largest absolute Gasteiger partial charge is 0.490 e. The van der Waals surface area contributed by atoms with Crippen LogP contribution in [0.5, 0.6) is 11.5 Å². The van der Waals surface area contributed by atoms with Crippen molar-refractivity contribution in [1.29, 1.82) is 0 Å². The second-order valence-corrected chi connectivity index (χ2v) is 6.90. The SMILES string of the molecule is O=C(Nc1ccccc1OCCOc1ccccc1)N1CC[C@H]2CNC[C@H]21. The highest BCUT2D eigenvalue weighted by Crippen LogP contribution is 2.29. The molecule has 0 aromatic heterocycles. The zero-order valence-corrected chi connectivity index (χ0v) is 15.3. The number of anilines is 1. The first kappa shape index (κ1) is 17.7. The minimum Gasteiger partial charge on any atom is -0.490 e. The molecular weight excluding hydrogens is 342 g/mol. The predicted octanol–water partition coefficient (Wildman–Crippen LogP) is 2.97. The fraction of sp³-hybridized carbons (Fsp3) is 0.381. The van der Waals surface area contributed by atoms with Crippen LogP contribution in [0.3, 0.4) is 0 Å². The monoisotopic (exact) mass is 367 g/mol. The number of carbonyl (C=O) groups is 1. The number of nitrogens with one attached hydrogen (secondary N) is 2. The molecule has 27 heavy (non-hydrogen) atoms. The Morgan fingerprint density at radius 1 is 1.04 bits per heavy atom. The molecule has 2 atom stereocenters. The lowest BCUT2D eigenvalue weighted by Crippen LogP contribution is -2.41. The Bertz CT molecular complexity index is 768. The number of benzene rings is 2. The van der Waals surface area contributed by atoms with Crippen LogP contribution in [0, 0.1) is 5.92 Å². The summed E-state index contributed by atoms with van der Waals surface area (Å²) in [6, 6.07) is 17.4. The maximum Gasteiger partial charge on any atom is 0.322 e. The second kappa shape index (κ2) is 8.31. The normalized spacial score (nSPS) is 21.0. The molecule has 0 aliphatic carbocycles. The number of ether oxygens (including phenoxy) is 2. The van der Waals surface area contributed by atoms with Crippen molar-refractivity contribution in [2.45, 2.75) is 12.5 Å². The van der Waals surface area contributed by atoms with Crippen LogP contribution in [-0.2, 0) is 0 Å². The van der Waals surface area contributed by atoms with Crippen LogP contribution in [0.25, 0.3) is 0 Å². The van der Waals surface area contributed by atoms with E-state index in [-0.39, 0.29) is 6.03 Å². The zero-order valence-electron chi connectivity index (χ0n) is 15.3. The number of hydrogen-bond acceptors (Lipinski definition) is 4.